The Hall–Kier alpha value is -1.14. The van der Waals surface area contributed by atoms with Crippen LogP contribution in [0.5, 0.6) is 0 Å². The fourth-order valence-electron chi connectivity index (χ4n) is 1.21. The number of hydrogen-bond donors (Lipinski definition) is 1. The summed E-state index contributed by atoms with van der Waals surface area (Å²) < 4.78 is 37.2. The highest BCUT2D eigenvalue weighted by molar-refractivity contribution is 7.96. The first-order valence-electron chi connectivity index (χ1n) is 4.13. The van der Waals surface area contributed by atoms with Gasteiger partial charge in [0.15, 0.2) is 0 Å². The molecule has 0 saturated carbocycles. The van der Waals surface area contributed by atoms with Crippen molar-refractivity contribution in [2.75, 3.05) is 0 Å². The summed E-state index contributed by atoms with van der Waals surface area (Å²) in [5.41, 5.74) is 4.38. The van der Waals surface area contributed by atoms with Gasteiger partial charge in [0.25, 0.3) is 0 Å². The van der Waals surface area contributed by atoms with Crippen LogP contribution in [0, 0.1) is 0 Å². The van der Waals surface area contributed by atoms with Crippen molar-refractivity contribution in [1.29, 1.82) is 0 Å². The summed E-state index contributed by atoms with van der Waals surface area (Å²) in [6.45, 7) is 0. The van der Waals surface area contributed by atoms with Gasteiger partial charge in [0, 0.05) is 5.41 Å². The van der Waals surface area contributed by atoms with Gasteiger partial charge in [-0.1, -0.05) is 17.8 Å². The van der Waals surface area contributed by atoms with Crippen LogP contribution in [0.25, 0.3) is 11.1 Å². The molecule has 1 aliphatic rings. The molecule has 15 heavy (non-hydrogen) atoms. The van der Waals surface area contributed by atoms with E-state index in [2.05, 4.69) is 5.43 Å². The van der Waals surface area contributed by atoms with Gasteiger partial charge in [-0.05, 0) is 17.7 Å². The second-order valence-electron chi connectivity index (χ2n) is 2.95. The van der Waals surface area contributed by atoms with E-state index in [9.17, 15) is 13.2 Å². The predicted molar refractivity (Wildman–Crippen MR) is 52.3 cm³/mol. The molecule has 1 aromatic rings. The Morgan fingerprint density at radius 3 is 2.67 bits per heavy atom. The predicted octanol–water partition coefficient (Wildman–Crippen LogP) is 2.52. The highest BCUT2D eigenvalue weighted by Gasteiger charge is 2.30. The zero-order valence-electron chi connectivity index (χ0n) is 7.45. The van der Waals surface area contributed by atoms with Crippen molar-refractivity contribution in [2.24, 2.45) is 0 Å². The number of benzene rings is 1. The fraction of sp³-hybridized carbons (Fsp3) is 0.111. The molecule has 0 bridgehead atoms. The maximum Gasteiger partial charge on any atom is 0.416 e. The Bertz CT molecular complexity index is 401. The lowest BCUT2D eigenvalue weighted by Gasteiger charge is -2.14. The van der Waals surface area contributed by atoms with Gasteiger partial charge in [-0.2, -0.15) is 13.2 Å². The van der Waals surface area contributed by atoms with Gasteiger partial charge in [0.05, 0.1) is 17.5 Å². The van der Waals surface area contributed by atoms with Crippen molar-refractivity contribution < 1.29 is 18.0 Å². The third kappa shape index (κ3) is 2.27. The zero-order valence-corrected chi connectivity index (χ0v) is 8.27. The van der Waals surface area contributed by atoms with Gasteiger partial charge in [0.1, 0.15) is 0 Å². The van der Waals surface area contributed by atoms with Crippen LogP contribution >= 0.6 is 11.9 Å². The molecule has 0 radical (unpaired) electrons. The minimum Gasteiger partial charge on any atom is -0.476 e. The van der Waals surface area contributed by atoms with Crippen LogP contribution in [-0.4, -0.2) is 0 Å². The molecule has 1 aliphatic heterocycles. The second kappa shape index (κ2) is 3.79. The van der Waals surface area contributed by atoms with Crippen LogP contribution in [0.2, 0.25) is 0 Å². The Labute approximate surface area is 88.7 Å². The van der Waals surface area contributed by atoms with Crippen molar-refractivity contribution >= 4 is 17.6 Å². The second-order valence-corrected chi connectivity index (χ2v) is 3.67. The number of halogens is 3. The molecule has 80 valence electrons. The van der Waals surface area contributed by atoms with E-state index in [1.807, 2.05) is 0 Å². The van der Waals surface area contributed by atoms with Crippen molar-refractivity contribution in [3.8, 4) is 0 Å². The van der Waals surface area contributed by atoms with E-state index in [-0.39, 0.29) is 0 Å². The number of alkyl halides is 3. The lowest BCUT2D eigenvalue weighted by molar-refractivity contribution is -0.409. The van der Waals surface area contributed by atoms with Gasteiger partial charge >= 0.3 is 6.18 Å². The standard InChI is InChI=1S/C9H7F3N2S/c10-9(11,12)7-3-1-2-6(4-7)8-5-15-14-13-8/h1-5H,14H2. The monoisotopic (exact) mass is 232 g/mol. The number of quaternary nitrogens is 1. The molecule has 0 unspecified atom stereocenters. The van der Waals surface area contributed by atoms with E-state index >= 15 is 0 Å². The quantitative estimate of drug-likeness (QED) is 0.585. The van der Waals surface area contributed by atoms with E-state index in [1.165, 1.54) is 18.0 Å². The molecule has 2 N–H and O–H groups in total. The lowest BCUT2D eigenvalue weighted by Crippen LogP contribution is -2.66. The van der Waals surface area contributed by atoms with Gasteiger partial charge in [-0.25, -0.2) is 0 Å². The van der Waals surface area contributed by atoms with Gasteiger partial charge < -0.3 is 10.3 Å². The summed E-state index contributed by atoms with van der Waals surface area (Å²) in [5, 5.41) is 1.72. The Kier molecular flexibility index (Phi) is 2.62. The smallest absolute Gasteiger partial charge is 0.416 e. The molecule has 2 rings (SSSR count). The van der Waals surface area contributed by atoms with Crippen LogP contribution in [0.3, 0.4) is 0 Å². The van der Waals surface area contributed by atoms with E-state index in [4.69, 9.17) is 0 Å². The van der Waals surface area contributed by atoms with Crippen LogP contribution in [-0.2, 0) is 6.18 Å². The fourth-order valence-corrected chi connectivity index (χ4v) is 1.77. The van der Waals surface area contributed by atoms with E-state index in [0.717, 1.165) is 12.1 Å². The van der Waals surface area contributed by atoms with E-state index in [0.29, 0.717) is 11.3 Å². The molecule has 2 nitrogen and oxygen atoms in total. The van der Waals surface area contributed by atoms with Crippen molar-refractivity contribution in [3.05, 3.63) is 46.2 Å². The summed E-state index contributed by atoms with van der Waals surface area (Å²) in [7, 11) is 0. The van der Waals surface area contributed by atoms with E-state index < -0.39 is 11.7 Å². The van der Waals surface area contributed by atoms with Gasteiger partial charge in [0.2, 0.25) is 0 Å². The van der Waals surface area contributed by atoms with Gasteiger partial charge in [-0.3, -0.25) is 0 Å². The number of rotatable bonds is 1. The largest absolute Gasteiger partial charge is 0.476 e. The topological polar surface area (TPSA) is 30.7 Å². The summed E-state index contributed by atoms with van der Waals surface area (Å²) in [4.78, 5) is 1.59. The minimum atomic E-state index is -4.30. The lowest BCUT2D eigenvalue weighted by atomic mass is 10.1. The molecular weight excluding hydrogens is 225 g/mol. The first-order chi connectivity index (χ1) is 7.07. The molecule has 0 atom stereocenters. The number of nitrogens with two attached hydrogens (primary N) is 1. The van der Waals surface area contributed by atoms with Crippen LogP contribution in [0.15, 0.2) is 29.7 Å². The summed E-state index contributed by atoms with van der Waals surface area (Å²) in [5.74, 6) is 0. The Balaban J connectivity index is 2.34. The zero-order chi connectivity index (χ0) is 10.9. The molecule has 0 spiro atoms. The van der Waals surface area contributed by atoms with Gasteiger partial charge in [-0.15, -0.1) is 0 Å². The Morgan fingerprint density at radius 1 is 1.27 bits per heavy atom. The van der Waals surface area contributed by atoms with Crippen molar-refractivity contribution in [1.82, 2.24) is 0 Å². The first-order valence-corrected chi connectivity index (χ1v) is 5.07. The summed E-state index contributed by atoms with van der Waals surface area (Å²) in [6, 6.07) is 5.16. The summed E-state index contributed by atoms with van der Waals surface area (Å²) >= 11 is 1.36. The molecular formula is C9H7F3N2S. The van der Waals surface area contributed by atoms with Crippen LogP contribution in [0.4, 0.5) is 13.2 Å². The maximum absolute atomic E-state index is 12.4. The third-order valence-electron chi connectivity index (χ3n) is 1.92. The summed E-state index contributed by atoms with van der Waals surface area (Å²) in [6.07, 6.45) is -4.30. The molecule has 0 amide bonds. The molecule has 6 heteroatoms. The van der Waals surface area contributed by atoms with Crippen molar-refractivity contribution in [2.45, 2.75) is 6.18 Å². The molecule has 1 aromatic carbocycles. The minimum absolute atomic E-state index is 0.492. The average Bonchev–Trinajstić information content (AvgIpc) is 2.69. The number of hydrogen-bond acceptors (Lipinski definition) is 1. The number of nitrogens with zero attached hydrogens (tertiary/aromatic N) is 1. The normalized spacial score (nSPS) is 16.1. The molecule has 0 aliphatic carbocycles. The maximum atomic E-state index is 12.4. The highest BCUT2D eigenvalue weighted by Crippen LogP contribution is 2.32. The van der Waals surface area contributed by atoms with Crippen LogP contribution < -0.4 is 4.83 Å². The molecule has 1 heterocycles. The third-order valence-corrected chi connectivity index (χ3v) is 2.50. The first kappa shape index (κ1) is 10.4. The highest BCUT2D eigenvalue weighted by atomic mass is 32.2. The molecule has 0 aromatic heterocycles. The molecule has 0 saturated heterocycles. The molecule has 0 fully saturated rings. The van der Waals surface area contributed by atoms with E-state index in [1.54, 1.807) is 16.3 Å². The Morgan fingerprint density at radius 2 is 2.07 bits per heavy atom. The van der Waals surface area contributed by atoms with Crippen molar-refractivity contribution in [3.63, 3.8) is 0 Å². The average molecular weight is 232 g/mol. The van der Waals surface area contributed by atoms with Crippen LogP contribution in [0.1, 0.15) is 11.1 Å². The SMILES string of the molecule is FC(F)(F)c1cccc(C2=CS[NH2+][N-]2)c1.